The van der Waals surface area contributed by atoms with Crippen LogP contribution >= 0.6 is 11.6 Å². The fourth-order valence-corrected chi connectivity index (χ4v) is 3.20. The van der Waals surface area contributed by atoms with Gasteiger partial charge in [0.1, 0.15) is 0 Å². The van der Waals surface area contributed by atoms with Crippen LogP contribution in [-0.4, -0.2) is 9.96 Å². The molecule has 0 saturated carbocycles. The van der Waals surface area contributed by atoms with Crippen LogP contribution in [0.15, 0.2) is 53.4 Å². The molecule has 0 aliphatic heterocycles. The Morgan fingerprint density at radius 2 is 1.79 bits per heavy atom. The van der Waals surface area contributed by atoms with Crippen molar-refractivity contribution in [2.75, 3.05) is 5.75 Å². The fraction of sp³-hybridized carbons (Fsp3) is 0.200. The van der Waals surface area contributed by atoms with Crippen LogP contribution in [0, 0.1) is 6.92 Å². The Morgan fingerprint density at radius 1 is 1.16 bits per heavy atom. The molecule has 2 N–H and O–H groups in total. The molecule has 19 heavy (non-hydrogen) atoms. The van der Waals surface area contributed by atoms with Gasteiger partial charge < -0.3 is 5.73 Å². The van der Waals surface area contributed by atoms with Gasteiger partial charge in [0, 0.05) is 21.7 Å². The second kappa shape index (κ2) is 6.33. The third kappa shape index (κ3) is 3.66. The highest BCUT2D eigenvalue weighted by molar-refractivity contribution is 7.85. The molecular formula is C15H16ClNOS. The topological polar surface area (TPSA) is 43.1 Å². The minimum atomic E-state index is -1.11. The van der Waals surface area contributed by atoms with Gasteiger partial charge in [0.05, 0.1) is 10.8 Å². The first kappa shape index (κ1) is 14.3. The average molecular weight is 294 g/mol. The Kier molecular flexibility index (Phi) is 4.75. The normalized spacial score (nSPS) is 14.1. The summed E-state index contributed by atoms with van der Waals surface area (Å²) in [5, 5.41) is 0.643. The zero-order valence-electron chi connectivity index (χ0n) is 10.7. The molecule has 2 rings (SSSR count). The summed E-state index contributed by atoms with van der Waals surface area (Å²) in [6.45, 7) is 2.01. The summed E-state index contributed by atoms with van der Waals surface area (Å²) < 4.78 is 12.2. The maximum atomic E-state index is 12.2. The highest BCUT2D eigenvalue weighted by Gasteiger charge is 2.13. The van der Waals surface area contributed by atoms with Gasteiger partial charge in [0.15, 0.2) is 0 Å². The van der Waals surface area contributed by atoms with Crippen molar-refractivity contribution >= 4 is 22.4 Å². The quantitative estimate of drug-likeness (QED) is 0.938. The Labute approximate surface area is 121 Å². The second-order valence-electron chi connectivity index (χ2n) is 4.43. The van der Waals surface area contributed by atoms with Gasteiger partial charge in [-0.05, 0) is 42.3 Å². The molecule has 2 unspecified atom stereocenters. The van der Waals surface area contributed by atoms with Crippen LogP contribution in [0.5, 0.6) is 0 Å². The standard InChI is InChI=1S/C15H16ClNOS/c1-11-4-2-3-5-14(11)15(17)10-19(18)13-8-6-12(16)7-9-13/h2-9,15H,10,17H2,1H3. The zero-order chi connectivity index (χ0) is 13.8. The van der Waals surface area contributed by atoms with Crippen LogP contribution in [0.25, 0.3) is 0 Å². The number of benzene rings is 2. The largest absolute Gasteiger partial charge is 0.323 e. The van der Waals surface area contributed by atoms with Crippen molar-refractivity contribution in [2.24, 2.45) is 5.73 Å². The Hall–Kier alpha value is -1.16. The predicted molar refractivity (Wildman–Crippen MR) is 80.8 cm³/mol. The van der Waals surface area contributed by atoms with Crippen molar-refractivity contribution in [3.05, 3.63) is 64.7 Å². The number of nitrogens with two attached hydrogens (primary N) is 1. The van der Waals surface area contributed by atoms with Gasteiger partial charge in [-0.25, -0.2) is 0 Å². The molecule has 0 fully saturated rings. The number of hydrogen-bond acceptors (Lipinski definition) is 2. The molecule has 2 aromatic carbocycles. The maximum Gasteiger partial charge on any atom is 0.0548 e. The van der Waals surface area contributed by atoms with Crippen LogP contribution in [0.2, 0.25) is 5.02 Å². The van der Waals surface area contributed by atoms with Gasteiger partial charge >= 0.3 is 0 Å². The average Bonchev–Trinajstić information content (AvgIpc) is 2.39. The first-order valence-corrected chi connectivity index (χ1v) is 7.72. The number of aryl methyl sites for hydroxylation is 1. The highest BCUT2D eigenvalue weighted by Crippen LogP contribution is 2.19. The molecule has 0 saturated heterocycles. The summed E-state index contributed by atoms with van der Waals surface area (Å²) in [6, 6.07) is 14.8. The molecule has 0 bridgehead atoms. The van der Waals surface area contributed by atoms with E-state index in [9.17, 15) is 4.21 Å². The molecular weight excluding hydrogens is 278 g/mol. The minimum absolute atomic E-state index is 0.224. The van der Waals surface area contributed by atoms with Crippen molar-refractivity contribution in [1.29, 1.82) is 0 Å². The summed E-state index contributed by atoms with van der Waals surface area (Å²) in [4.78, 5) is 0.758. The molecule has 0 radical (unpaired) electrons. The number of halogens is 1. The van der Waals surface area contributed by atoms with E-state index in [0.717, 1.165) is 16.0 Å². The highest BCUT2D eigenvalue weighted by atomic mass is 35.5. The third-order valence-corrected chi connectivity index (χ3v) is 4.71. The summed E-state index contributed by atoms with van der Waals surface area (Å²) in [5.74, 6) is 0.409. The lowest BCUT2D eigenvalue weighted by Crippen LogP contribution is -2.19. The summed E-state index contributed by atoms with van der Waals surface area (Å²) >= 11 is 5.82. The van der Waals surface area contributed by atoms with E-state index in [1.54, 1.807) is 24.3 Å². The first-order valence-electron chi connectivity index (χ1n) is 6.03. The zero-order valence-corrected chi connectivity index (χ0v) is 12.2. The SMILES string of the molecule is Cc1ccccc1C(N)CS(=O)c1ccc(Cl)cc1. The molecule has 2 atom stereocenters. The van der Waals surface area contributed by atoms with Gasteiger partial charge in [-0.2, -0.15) is 0 Å². The van der Waals surface area contributed by atoms with Crippen molar-refractivity contribution in [3.63, 3.8) is 0 Å². The number of rotatable bonds is 4. The lowest BCUT2D eigenvalue weighted by atomic mass is 10.0. The lowest BCUT2D eigenvalue weighted by Gasteiger charge is -2.14. The maximum absolute atomic E-state index is 12.2. The van der Waals surface area contributed by atoms with E-state index in [4.69, 9.17) is 17.3 Å². The molecule has 100 valence electrons. The van der Waals surface area contributed by atoms with Crippen LogP contribution in [0.3, 0.4) is 0 Å². The van der Waals surface area contributed by atoms with Gasteiger partial charge in [-0.1, -0.05) is 35.9 Å². The van der Waals surface area contributed by atoms with Crippen molar-refractivity contribution < 1.29 is 4.21 Å². The second-order valence-corrected chi connectivity index (χ2v) is 6.36. The van der Waals surface area contributed by atoms with E-state index >= 15 is 0 Å². The first-order chi connectivity index (χ1) is 9.08. The van der Waals surface area contributed by atoms with E-state index in [1.807, 2.05) is 31.2 Å². The van der Waals surface area contributed by atoms with E-state index in [1.165, 1.54) is 0 Å². The summed E-state index contributed by atoms with van der Waals surface area (Å²) in [5.41, 5.74) is 8.32. The fourth-order valence-electron chi connectivity index (χ4n) is 1.94. The Bertz CT molecular complexity index is 583. The van der Waals surface area contributed by atoms with Gasteiger partial charge in [0.2, 0.25) is 0 Å². The van der Waals surface area contributed by atoms with Crippen LogP contribution in [-0.2, 0) is 10.8 Å². The molecule has 0 aliphatic carbocycles. The predicted octanol–water partition coefficient (Wildman–Crippen LogP) is 3.46. The van der Waals surface area contributed by atoms with E-state index < -0.39 is 10.8 Å². The summed E-state index contributed by atoms with van der Waals surface area (Å²) in [7, 11) is -1.11. The van der Waals surface area contributed by atoms with Crippen molar-refractivity contribution in [3.8, 4) is 0 Å². The lowest BCUT2D eigenvalue weighted by molar-refractivity contribution is 0.675. The van der Waals surface area contributed by atoms with E-state index in [0.29, 0.717) is 10.8 Å². The molecule has 0 aliphatic rings. The Balaban J connectivity index is 2.11. The molecule has 0 aromatic heterocycles. The van der Waals surface area contributed by atoms with Crippen LogP contribution in [0.4, 0.5) is 0 Å². The molecule has 0 heterocycles. The van der Waals surface area contributed by atoms with Crippen LogP contribution in [0.1, 0.15) is 17.2 Å². The molecule has 0 amide bonds. The third-order valence-electron chi connectivity index (χ3n) is 3.00. The monoisotopic (exact) mass is 293 g/mol. The summed E-state index contributed by atoms with van der Waals surface area (Å²) in [6.07, 6.45) is 0. The van der Waals surface area contributed by atoms with Gasteiger partial charge in [-0.3, -0.25) is 4.21 Å². The van der Waals surface area contributed by atoms with E-state index in [2.05, 4.69) is 0 Å². The van der Waals surface area contributed by atoms with Gasteiger partial charge in [0.25, 0.3) is 0 Å². The van der Waals surface area contributed by atoms with Crippen molar-refractivity contribution in [1.82, 2.24) is 0 Å². The molecule has 0 spiro atoms. The minimum Gasteiger partial charge on any atom is -0.323 e. The molecule has 2 nitrogen and oxygen atoms in total. The molecule has 2 aromatic rings. The van der Waals surface area contributed by atoms with Crippen molar-refractivity contribution in [2.45, 2.75) is 17.9 Å². The van der Waals surface area contributed by atoms with Crippen LogP contribution < -0.4 is 5.73 Å². The van der Waals surface area contributed by atoms with Gasteiger partial charge in [-0.15, -0.1) is 0 Å². The number of hydrogen-bond donors (Lipinski definition) is 1. The Morgan fingerprint density at radius 3 is 2.42 bits per heavy atom. The molecule has 4 heteroatoms. The van der Waals surface area contributed by atoms with E-state index in [-0.39, 0.29) is 6.04 Å². The smallest absolute Gasteiger partial charge is 0.0548 e.